The first-order valence-corrected chi connectivity index (χ1v) is 13.9. The summed E-state index contributed by atoms with van der Waals surface area (Å²) >= 11 is 1.22. The van der Waals surface area contributed by atoms with Crippen LogP contribution >= 0.6 is 11.3 Å². The molecule has 0 amide bonds. The molecule has 0 radical (unpaired) electrons. The van der Waals surface area contributed by atoms with Gasteiger partial charge >= 0.3 is 5.97 Å². The number of nitro benzene ring substituents is 1. The van der Waals surface area contributed by atoms with E-state index in [1.807, 2.05) is 37.3 Å². The molecule has 0 bridgehead atoms. The maximum atomic E-state index is 13.8. The number of hydrogen-bond acceptors (Lipinski definition) is 9. The first-order chi connectivity index (χ1) is 20.3. The molecule has 4 aromatic rings. The number of thiazole rings is 1. The number of allylic oxidation sites excluding steroid dienone is 1. The number of nitro groups is 1. The lowest BCUT2D eigenvalue weighted by atomic mass is 9.96. The molecular formula is C31H27N3O7S. The first kappa shape index (κ1) is 28.5. The van der Waals surface area contributed by atoms with E-state index in [1.165, 1.54) is 29.1 Å². The maximum absolute atomic E-state index is 13.8. The van der Waals surface area contributed by atoms with Crippen molar-refractivity contribution in [3.63, 3.8) is 0 Å². The molecule has 5 rings (SSSR count). The Kier molecular flexibility index (Phi) is 8.30. The van der Waals surface area contributed by atoms with E-state index in [0.717, 1.165) is 5.56 Å². The van der Waals surface area contributed by atoms with Crippen molar-refractivity contribution in [3.8, 4) is 11.5 Å². The van der Waals surface area contributed by atoms with E-state index in [2.05, 4.69) is 4.99 Å². The van der Waals surface area contributed by atoms with Crippen molar-refractivity contribution in [2.75, 3.05) is 13.7 Å². The number of fused-ring (bicyclic) bond motifs is 1. The van der Waals surface area contributed by atoms with Crippen molar-refractivity contribution in [2.45, 2.75) is 26.5 Å². The number of nitrogens with zero attached hydrogens (tertiary/aromatic N) is 3. The molecule has 0 N–H and O–H groups in total. The van der Waals surface area contributed by atoms with Crippen LogP contribution in [0, 0.1) is 10.1 Å². The number of rotatable bonds is 9. The van der Waals surface area contributed by atoms with E-state index in [1.54, 1.807) is 49.4 Å². The number of esters is 1. The SMILES string of the molecule is CCOc1cc(C=c2sc3n(c2=O)C(c2ccccc2)C(C(=O)OC)=C(C)N=3)ccc1OCc1ccccc1[N+](=O)[O-]. The summed E-state index contributed by atoms with van der Waals surface area (Å²) in [5.74, 6) is 0.303. The van der Waals surface area contributed by atoms with Crippen LogP contribution in [0.25, 0.3) is 6.08 Å². The molecule has 1 atom stereocenters. The molecule has 11 heteroatoms. The van der Waals surface area contributed by atoms with E-state index in [9.17, 15) is 19.7 Å². The van der Waals surface area contributed by atoms with E-state index >= 15 is 0 Å². The molecule has 3 aromatic carbocycles. The average Bonchev–Trinajstić information content (AvgIpc) is 3.30. The largest absolute Gasteiger partial charge is 0.490 e. The van der Waals surface area contributed by atoms with E-state index in [-0.39, 0.29) is 17.9 Å². The number of carbonyl (C=O) groups is 1. The molecule has 0 spiro atoms. The van der Waals surface area contributed by atoms with Gasteiger partial charge in [0.25, 0.3) is 11.2 Å². The van der Waals surface area contributed by atoms with Gasteiger partial charge in [-0.25, -0.2) is 9.79 Å². The van der Waals surface area contributed by atoms with Crippen molar-refractivity contribution in [1.82, 2.24) is 4.57 Å². The number of methoxy groups -OCH3 is 1. The Bertz CT molecular complexity index is 1880. The second-order valence-corrected chi connectivity index (χ2v) is 10.3. The highest BCUT2D eigenvalue weighted by Crippen LogP contribution is 2.32. The maximum Gasteiger partial charge on any atom is 0.338 e. The Labute approximate surface area is 244 Å². The molecule has 42 heavy (non-hydrogen) atoms. The molecule has 0 saturated carbocycles. The zero-order valence-corrected chi connectivity index (χ0v) is 23.9. The molecular weight excluding hydrogens is 558 g/mol. The minimum Gasteiger partial charge on any atom is -0.490 e. The topological polar surface area (TPSA) is 122 Å². The highest BCUT2D eigenvalue weighted by Gasteiger charge is 2.32. The summed E-state index contributed by atoms with van der Waals surface area (Å²) in [5, 5.41) is 11.4. The van der Waals surface area contributed by atoms with Crippen LogP contribution in [0.15, 0.2) is 93.9 Å². The summed E-state index contributed by atoms with van der Waals surface area (Å²) < 4.78 is 18.7. The van der Waals surface area contributed by atoms with Crippen molar-refractivity contribution in [1.29, 1.82) is 0 Å². The van der Waals surface area contributed by atoms with Gasteiger partial charge in [0, 0.05) is 6.07 Å². The van der Waals surface area contributed by atoms with Gasteiger partial charge in [-0.15, -0.1) is 0 Å². The highest BCUT2D eigenvalue weighted by atomic mass is 32.1. The van der Waals surface area contributed by atoms with Crippen LogP contribution in [0.2, 0.25) is 0 Å². The fourth-order valence-electron chi connectivity index (χ4n) is 4.76. The molecule has 2 heterocycles. The third kappa shape index (κ3) is 5.59. The molecule has 1 aliphatic rings. The van der Waals surface area contributed by atoms with E-state index in [0.29, 0.717) is 49.8 Å². The van der Waals surface area contributed by atoms with Crippen molar-refractivity contribution in [2.24, 2.45) is 4.99 Å². The number of hydrogen-bond donors (Lipinski definition) is 0. The van der Waals surface area contributed by atoms with Crippen LogP contribution in [0.3, 0.4) is 0 Å². The van der Waals surface area contributed by atoms with Gasteiger partial charge in [0.2, 0.25) is 0 Å². The summed E-state index contributed by atoms with van der Waals surface area (Å²) in [6.45, 7) is 3.91. The lowest BCUT2D eigenvalue weighted by Gasteiger charge is -2.24. The third-order valence-electron chi connectivity index (χ3n) is 6.68. The summed E-state index contributed by atoms with van der Waals surface area (Å²) in [5.41, 5.74) is 2.35. The summed E-state index contributed by atoms with van der Waals surface area (Å²) in [7, 11) is 1.31. The van der Waals surface area contributed by atoms with Gasteiger partial charge in [-0.05, 0) is 49.2 Å². The monoisotopic (exact) mass is 585 g/mol. The molecule has 1 unspecified atom stereocenters. The summed E-state index contributed by atoms with van der Waals surface area (Å²) in [6, 6.07) is 20.2. The van der Waals surface area contributed by atoms with Gasteiger partial charge in [-0.1, -0.05) is 59.9 Å². The van der Waals surface area contributed by atoms with Gasteiger partial charge in [0.1, 0.15) is 6.61 Å². The average molecular weight is 586 g/mol. The molecule has 0 aliphatic carbocycles. The number of para-hydroxylation sites is 1. The van der Waals surface area contributed by atoms with Gasteiger partial charge in [0.15, 0.2) is 16.3 Å². The van der Waals surface area contributed by atoms with Crippen LogP contribution in [-0.2, 0) is 16.1 Å². The molecule has 0 fully saturated rings. The lowest BCUT2D eigenvalue weighted by Crippen LogP contribution is -2.39. The normalized spacial score (nSPS) is 14.6. The Morgan fingerprint density at radius 1 is 1.07 bits per heavy atom. The Morgan fingerprint density at radius 2 is 1.81 bits per heavy atom. The van der Waals surface area contributed by atoms with Crippen LogP contribution < -0.4 is 24.4 Å². The van der Waals surface area contributed by atoms with Gasteiger partial charge in [-0.3, -0.25) is 19.5 Å². The molecule has 1 aromatic heterocycles. The number of carbonyl (C=O) groups excluding carboxylic acids is 1. The second kappa shape index (κ2) is 12.2. The van der Waals surface area contributed by atoms with Crippen molar-refractivity contribution >= 4 is 29.1 Å². The first-order valence-electron chi connectivity index (χ1n) is 13.1. The Morgan fingerprint density at radius 3 is 2.52 bits per heavy atom. The molecule has 0 saturated heterocycles. The molecule has 10 nitrogen and oxygen atoms in total. The quantitative estimate of drug-likeness (QED) is 0.163. The standard InChI is InChI=1S/C31H27N3O7S/c1-4-40-25-16-20(14-15-24(25)41-18-22-12-8-9-13-23(22)34(37)38)17-26-29(35)33-28(21-10-6-5-7-11-21)27(30(36)39-3)19(2)32-31(33)42-26/h5-17,28H,4,18H2,1-3H3. The number of aromatic nitrogens is 1. The predicted molar refractivity (Wildman–Crippen MR) is 157 cm³/mol. The Balaban J connectivity index is 1.54. The highest BCUT2D eigenvalue weighted by molar-refractivity contribution is 7.07. The van der Waals surface area contributed by atoms with Gasteiger partial charge < -0.3 is 14.2 Å². The van der Waals surface area contributed by atoms with Gasteiger partial charge in [0.05, 0.1) is 46.0 Å². The second-order valence-electron chi connectivity index (χ2n) is 9.30. The summed E-state index contributed by atoms with van der Waals surface area (Å²) in [4.78, 5) is 42.5. The smallest absolute Gasteiger partial charge is 0.338 e. The molecule has 1 aliphatic heterocycles. The zero-order chi connectivity index (χ0) is 29.8. The zero-order valence-electron chi connectivity index (χ0n) is 23.1. The fourth-order valence-corrected chi connectivity index (χ4v) is 5.81. The van der Waals surface area contributed by atoms with Crippen molar-refractivity contribution in [3.05, 3.63) is 131 Å². The minimum absolute atomic E-state index is 0.0173. The van der Waals surface area contributed by atoms with Crippen molar-refractivity contribution < 1.29 is 23.9 Å². The van der Waals surface area contributed by atoms with Crippen LogP contribution in [-0.4, -0.2) is 29.2 Å². The van der Waals surface area contributed by atoms with Gasteiger partial charge in [-0.2, -0.15) is 0 Å². The molecule has 214 valence electrons. The fraction of sp³-hybridized carbons (Fsp3) is 0.194. The van der Waals surface area contributed by atoms with Crippen LogP contribution in [0.5, 0.6) is 11.5 Å². The lowest BCUT2D eigenvalue weighted by molar-refractivity contribution is -0.385. The number of ether oxygens (including phenoxy) is 3. The van der Waals surface area contributed by atoms with E-state index in [4.69, 9.17) is 14.2 Å². The Hall–Kier alpha value is -5.03. The summed E-state index contributed by atoms with van der Waals surface area (Å²) in [6.07, 6.45) is 1.73. The van der Waals surface area contributed by atoms with Crippen LogP contribution in [0.1, 0.15) is 36.6 Å². The minimum atomic E-state index is -0.686. The predicted octanol–water partition coefficient (Wildman–Crippen LogP) is 4.29. The van der Waals surface area contributed by atoms with E-state index < -0.39 is 16.9 Å². The third-order valence-corrected chi connectivity index (χ3v) is 7.66. The number of benzene rings is 3. The van der Waals surface area contributed by atoms with Crippen LogP contribution in [0.4, 0.5) is 5.69 Å².